The number of carbonyl (C=O) groups excluding carboxylic acids is 1. The van der Waals surface area contributed by atoms with Gasteiger partial charge in [0.1, 0.15) is 6.04 Å². The maximum absolute atomic E-state index is 12.7. The lowest BCUT2D eigenvalue weighted by Gasteiger charge is -2.36. The van der Waals surface area contributed by atoms with Gasteiger partial charge in [0.25, 0.3) is 5.91 Å². The first-order valence-electron chi connectivity index (χ1n) is 7.01. The minimum absolute atomic E-state index is 0.162. The maximum Gasteiger partial charge on any atom is 0.326 e. The third-order valence-electron chi connectivity index (χ3n) is 4.03. The zero-order valence-electron chi connectivity index (χ0n) is 12.2. The van der Waals surface area contributed by atoms with Gasteiger partial charge < -0.3 is 10.0 Å². The summed E-state index contributed by atoms with van der Waals surface area (Å²) in [6.07, 6.45) is 1.40. The Morgan fingerprint density at radius 2 is 2.00 bits per heavy atom. The van der Waals surface area contributed by atoms with Crippen LogP contribution >= 0.6 is 0 Å². The van der Waals surface area contributed by atoms with Crippen LogP contribution in [0.25, 0.3) is 0 Å². The molecule has 1 heterocycles. The number of carboxylic acid groups (broad SMARTS) is 1. The van der Waals surface area contributed by atoms with Gasteiger partial charge in [0.2, 0.25) is 0 Å². The van der Waals surface area contributed by atoms with Crippen molar-refractivity contribution in [1.82, 2.24) is 4.90 Å². The largest absolute Gasteiger partial charge is 0.480 e. The van der Waals surface area contributed by atoms with Gasteiger partial charge in [0, 0.05) is 12.1 Å². The molecule has 4 heteroatoms. The number of piperidine rings is 1. The molecule has 0 saturated carbocycles. The number of hydrogen-bond donors (Lipinski definition) is 1. The van der Waals surface area contributed by atoms with Gasteiger partial charge in [-0.1, -0.05) is 24.6 Å². The fourth-order valence-corrected chi connectivity index (χ4v) is 2.74. The van der Waals surface area contributed by atoms with Gasteiger partial charge in [-0.3, -0.25) is 4.79 Å². The van der Waals surface area contributed by atoms with E-state index in [-0.39, 0.29) is 5.91 Å². The summed E-state index contributed by atoms with van der Waals surface area (Å²) < 4.78 is 0. The summed E-state index contributed by atoms with van der Waals surface area (Å²) >= 11 is 0. The molecule has 1 saturated heterocycles. The third kappa shape index (κ3) is 2.84. The lowest BCUT2D eigenvalue weighted by molar-refractivity contribution is -0.144. The molecule has 2 rings (SSSR count). The molecule has 1 aliphatic heterocycles. The quantitative estimate of drug-likeness (QED) is 0.902. The SMILES string of the molecule is Cc1ccc(C)c(C(=O)N2CCC(C)CC2C(=O)O)c1. The minimum atomic E-state index is -0.907. The van der Waals surface area contributed by atoms with Gasteiger partial charge in [-0.25, -0.2) is 4.79 Å². The van der Waals surface area contributed by atoms with Crippen LogP contribution in [-0.4, -0.2) is 34.5 Å². The number of aryl methyl sites for hydroxylation is 2. The fraction of sp³-hybridized carbons (Fsp3) is 0.500. The molecule has 0 aromatic heterocycles. The first kappa shape index (κ1) is 14.6. The Balaban J connectivity index is 2.31. The van der Waals surface area contributed by atoms with E-state index in [4.69, 9.17) is 0 Å². The Morgan fingerprint density at radius 1 is 1.30 bits per heavy atom. The van der Waals surface area contributed by atoms with E-state index in [1.165, 1.54) is 4.90 Å². The molecular weight excluding hydrogens is 254 g/mol. The minimum Gasteiger partial charge on any atom is -0.480 e. The van der Waals surface area contributed by atoms with Crippen molar-refractivity contribution in [2.45, 2.75) is 39.7 Å². The number of rotatable bonds is 2. The molecule has 108 valence electrons. The zero-order chi connectivity index (χ0) is 14.9. The molecule has 1 aromatic rings. The van der Waals surface area contributed by atoms with Crippen molar-refractivity contribution in [2.75, 3.05) is 6.54 Å². The molecule has 2 unspecified atom stereocenters. The van der Waals surface area contributed by atoms with Crippen molar-refractivity contribution >= 4 is 11.9 Å². The van der Waals surface area contributed by atoms with Crippen LogP contribution < -0.4 is 0 Å². The smallest absolute Gasteiger partial charge is 0.326 e. The van der Waals surface area contributed by atoms with E-state index < -0.39 is 12.0 Å². The van der Waals surface area contributed by atoms with E-state index in [1.807, 2.05) is 39.0 Å². The van der Waals surface area contributed by atoms with Gasteiger partial charge in [-0.2, -0.15) is 0 Å². The van der Waals surface area contributed by atoms with Crippen LogP contribution in [0, 0.1) is 19.8 Å². The van der Waals surface area contributed by atoms with Crippen molar-refractivity contribution in [1.29, 1.82) is 0 Å². The van der Waals surface area contributed by atoms with Gasteiger partial charge in [-0.05, 0) is 44.2 Å². The first-order valence-corrected chi connectivity index (χ1v) is 7.01. The molecule has 0 radical (unpaired) electrons. The van der Waals surface area contributed by atoms with E-state index in [0.717, 1.165) is 17.5 Å². The summed E-state index contributed by atoms with van der Waals surface area (Å²) in [5.41, 5.74) is 2.52. The lowest BCUT2D eigenvalue weighted by Crippen LogP contribution is -2.49. The van der Waals surface area contributed by atoms with Crippen molar-refractivity contribution in [3.8, 4) is 0 Å². The Kier molecular flexibility index (Phi) is 4.12. The molecule has 1 N–H and O–H groups in total. The molecule has 1 fully saturated rings. The van der Waals surface area contributed by atoms with Gasteiger partial charge in [0.15, 0.2) is 0 Å². The molecule has 1 aromatic carbocycles. The number of nitrogens with zero attached hydrogens (tertiary/aromatic N) is 1. The second kappa shape index (κ2) is 5.65. The summed E-state index contributed by atoms with van der Waals surface area (Å²) in [5.74, 6) is -0.723. The Hall–Kier alpha value is -1.84. The maximum atomic E-state index is 12.7. The van der Waals surface area contributed by atoms with Gasteiger partial charge in [-0.15, -0.1) is 0 Å². The molecule has 1 amide bonds. The molecule has 0 spiro atoms. The van der Waals surface area contributed by atoms with Crippen molar-refractivity contribution in [2.24, 2.45) is 5.92 Å². The predicted molar refractivity (Wildman–Crippen MR) is 76.8 cm³/mol. The third-order valence-corrected chi connectivity index (χ3v) is 4.03. The molecule has 2 atom stereocenters. The van der Waals surface area contributed by atoms with Gasteiger partial charge >= 0.3 is 5.97 Å². The molecule has 0 bridgehead atoms. The van der Waals surface area contributed by atoms with Crippen molar-refractivity contribution in [3.05, 3.63) is 34.9 Å². The molecule has 4 nitrogen and oxygen atoms in total. The Labute approximate surface area is 119 Å². The highest BCUT2D eigenvalue weighted by Crippen LogP contribution is 2.25. The fourth-order valence-electron chi connectivity index (χ4n) is 2.74. The van der Waals surface area contributed by atoms with Crippen LogP contribution in [0.1, 0.15) is 41.3 Å². The summed E-state index contributed by atoms with van der Waals surface area (Å²) in [5, 5.41) is 9.35. The Morgan fingerprint density at radius 3 is 2.65 bits per heavy atom. The predicted octanol–water partition coefficient (Wildman–Crippen LogP) is 2.63. The molecule has 20 heavy (non-hydrogen) atoms. The van der Waals surface area contributed by atoms with E-state index >= 15 is 0 Å². The van der Waals surface area contributed by atoms with Crippen LogP contribution in [0.2, 0.25) is 0 Å². The topological polar surface area (TPSA) is 57.6 Å². The van der Waals surface area contributed by atoms with Crippen LogP contribution in [0.4, 0.5) is 0 Å². The lowest BCUT2D eigenvalue weighted by atomic mass is 9.91. The number of aliphatic carboxylic acids is 1. The van der Waals surface area contributed by atoms with Crippen LogP contribution in [-0.2, 0) is 4.79 Å². The number of carbonyl (C=O) groups is 2. The van der Waals surface area contributed by atoms with Crippen LogP contribution in [0.5, 0.6) is 0 Å². The van der Waals surface area contributed by atoms with E-state index in [2.05, 4.69) is 0 Å². The second-order valence-corrected chi connectivity index (χ2v) is 5.80. The summed E-state index contributed by atoms with van der Waals surface area (Å²) in [4.78, 5) is 25.6. The Bertz CT molecular complexity index is 539. The standard InChI is InChI=1S/C16H21NO3/c1-10-4-5-12(3)13(8-10)15(18)17-7-6-11(2)9-14(17)16(19)20/h4-5,8,11,14H,6-7,9H2,1-3H3,(H,19,20). The average molecular weight is 275 g/mol. The number of benzene rings is 1. The highest BCUT2D eigenvalue weighted by atomic mass is 16.4. The zero-order valence-corrected chi connectivity index (χ0v) is 12.2. The van der Waals surface area contributed by atoms with E-state index in [9.17, 15) is 14.7 Å². The monoisotopic (exact) mass is 275 g/mol. The van der Waals surface area contributed by atoms with Crippen molar-refractivity contribution < 1.29 is 14.7 Å². The summed E-state index contributed by atoms with van der Waals surface area (Å²) in [7, 11) is 0. The van der Waals surface area contributed by atoms with Crippen molar-refractivity contribution in [3.63, 3.8) is 0 Å². The molecule has 0 aliphatic carbocycles. The van der Waals surface area contributed by atoms with Gasteiger partial charge in [0.05, 0.1) is 0 Å². The number of amides is 1. The summed E-state index contributed by atoms with van der Waals surface area (Å²) in [6, 6.07) is 5.00. The normalized spacial score (nSPS) is 22.6. The van der Waals surface area contributed by atoms with E-state index in [1.54, 1.807) is 0 Å². The van der Waals surface area contributed by atoms with E-state index in [0.29, 0.717) is 24.4 Å². The molecular formula is C16H21NO3. The van der Waals surface area contributed by atoms with Crippen LogP contribution in [0.15, 0.2) is 18.2 Å². The first-order chi connectivity index (χ1) is 9.40. The number of hydrogen-bond acceptors (Lipinski definition) is 2. The highest BCUT2D eigenvalue weighted by molar-refractivity contribution is 5.98. The second-order valence-electron chi connectivity index (χ2n) is 5.80. The highest BCUT2D eigenvalue weighted by Gasteiger charge is 2.35. The summed E-state index contributed by atoms with van der Waals surface area (Å²) in [6.45, 7) is 6.37. The van der Waals surface area contributed by atoms with Crippen LogP contribution in [0.3, 0.4) is 0 Å². The molecule has 1 aliphatic rings. The number of likely N-dealkylation sites (tertiary alicyclic amines) is 1. The average Bonchev–Trinajstić information content (AvgIpc) is 2.40. The number of carboxylic acids is 1.